The van der Waals surface area contributed by atoms with Gasteiger partial charge in [0.15, 0.2) is 8.32 Å². The van der Waals surface area contributed by atoms with Gasteiger partial charge in [0.05, 0.1) is 25.9 Å². The zero-order chi connectivity index (χ0) is 12.8. The monoisotopic (exact) mass is 248 g/mol. The molecule has 3 nitrogen and oxygen atoms in total. The van der Waals surface area contributed by atoms with Gasteiger partial charge in [-0.3, -0.25) is 0 Å². The van der Waals surface area contributed by atoms with Crippen LogP contribution in [0.5, 0.6) is 0 Å². The van der Waals surface area contributed by atoms with E-state index in [0.29, 0.717) is 13.2 Å². The molecular formula is C12H28O3Si. The first-order valence-electron chi connectivity index (χ1n) is 6.11. The van der Waals surface area contributed by atoms with Crippen LogP contribution in [-0.2, 0) is 9.16 Å². The van der Waals surface area contributed by atoms with Crippen LogP contribution in [0.4, 0.5) is 0 Å². The van der Waals surface area contributed by atoms with Crippen molar-refractivity contribution in [3.8, 4) is 0 Å². The summed E-state index contributed by atoms with van der Waals surface area (Å²) in [7, 11) is -1.67. The van der Waals surface area contributed by atoms with Crippen LogP contribution in [0.1, 0.15) is 34.1 Å². The maximum absolute atomic E-state index is 8.71. The van der Waals surface area contributed by atoms with Crippen molar-refractivity contribution in [1.82, 2.24) is 0 Å². The van der Waals surface area contributed by atoms with E-state index in [4.69, 9.17) is 14.3 Å². The van der Waals surface area contributed by atoms with E-state index in [1.165, 1.54) is 0 Å². The predicted molar refractivity (Wildman–Crippen MR) is 70.3 cm³/mol. The number of aliphatic hydroxyl groups excluding tert-OH is 1. The Morgan fingerprint density at radius 1 is 1.25 bits per heavy atom. The lowest BCUT2D eigenvalue weighted by Crippen LogP contribution is -2.43. The first-order valence-corrected chi connectivity index (χ1v) is 9.02. The van der Waals surface area contributed by atoms with Crippen LogP contribution in [0.2, 0.25) is 18.1 Å². The average molecular weight is 248 g/mol. The molecule has 0 aliphatic carbocycles. The van der Waals surface area contributed by atoms with E-state index in [2.05, 4.69) is 40.8 Å². The van der Waals surface area contributed by atoms with Crippen molar-refractivity contribution in [2.24, 2.45) is 0 Å². The highest BCUT2D eigenvalue weighted by atomic mass is 28.4. The van der Waals surface area contributed by atoms with Crippen molar-refractivity contribution in [1.29, 1.82) is 0 Å². The highest BCUT2D eigenvalue weighted by molar-refractivity contribution is 6.74. The Kier molecular flexibility index (Phi) is 6.78. The fourth-order valence-electron chi connectivity index (χ4n) is 1.02. The molecule has 0 amide bonds. The van der Waals surface area contributed by atoms with Crippen molar-refractivity contribution in [2.45, 2.75) is 58.4 Å². The molecule has 0 aliphatic rings. The highest BCUT2D eigenvalue weighted by Crippen LogP contribution is 2.36. The summed E-state index contributed by atoms with van der Waals surface area (Å²) in [6.45, 7) is 14.4. The second-order valence-electron chi connectivity index (χ2n) is 5.70. The molecule has 0 aromatic carbocycles. The molecule has 0 fully saturated rings. The van der Waals surface area contributed by atoms with Crippen molar-refractivity contribution in [3.63, 3.8) is 0 Å². The minimum absolute atomic E-state index is 0.0800. The average Bonchev–Trinajstić information content (AvgIpc) is 2.16. The van der Waals surface area contributed by atoms with E-state index in [-0.39, 0.29) is 17.7 Å². The summed E-state index contributed by atoms with van der Waals surface area (Å²) in [5.74, 6) is 0. The zero-order valence-corrected chi connectivity index (χ0v) is 12.7. The lowest BCUT2D eigenvalue weighted by Gasteiger charge is -2.37. The van der Waals surface area contributed by atoms with E-state index in [0.717, 1.165) is 6.42 Å². The van der Waals surface area contributed by atoms with Crippen LogP contribution >= 0.6 is 0 Å². The first kappa shape index (κ1) is 16.1. The first-order chi connectivity index (χ1) is 7.24. The molecule has 0 heterocycles. The number of hydrogen-bond donors (Lipinski definition) is 1. The van der Waals surface area contributed by atoms with Crippen LogP contribution in [0.25, 0.3) is 0 Å². The van der Waals surface area contributed by atoms with Gasteiger partial charge in [0.2, 0.25) is 0 Å². The molecule has 0 spiro atoms. The van der Waals surface area contributed by atoms with Gasteiger partial charge in [-0.05, 0) is 24.6 Å². The molecular weight excluding hydrogens is 220 g/mol. The van der Waals surface area contributed by atoms with Gasteiger partial charge >= 0.3 is 0 Å². The molecule has 0 radical (unpaired) electrons. The van der Waals surface area contributed by atoms with Crippen molar-refractivity contribution >= 4 is 8.32 Å². The molecule has 0 aliphatic heterocycles. The standard InChI is InChI=1S/C12H28O3Si/c1-7-11(14-9-8-13)10-15-16(5,6)12(2,3)4/h11,13H,7-10H2,1-6H3/t11-/m1/s1. The fraction of sp³-hybridized carbons (Fsp3) is 1.00. The van der Waals surface area contributed by atoms with Gasteiger partial charge < -0.3 is 14.3 Å². The van der Waals surface area contributed by atoms with Crippen LogP contribution in [0, 0.1) is 0 Å². The quantitative estimate of drug-likeness (QED) is 0.704. The molecule has 0 bridgehead atoms. The minimum atomic E-state index is -1.67. The van der Waals surface area contributed by atoms with Gasteiger partial charge in [0.25, 0.3) is 0 Å². The third-order valence-corrected chi connectivity index (χ3v) is 7.84. The summed E-state index contributed by atoms with van der Waals surface area (Å²) in [5, 5.41) is 8.95. The Bertz CT molecular complexity index is 187. The van der Waals surface area contributed by atoms with Gasteiger partial charge in [-0.15, -0.1) is 0 Å². The summed E-state index contributed by atoms with van der Waals surface area (Å²) < 4.78 is 11.6. The summed E-state index contributed by atoms with van der Waals surface area (Å²) in [6, 6.07) is 0. The Balaban J connectivity index is 4.10. The SMILES string of the molecule is CC[C@H](CO[Si](C)(C)C(C)(C)C)OCCO. The van der Waals surface area contributed by atoms with E-state index < -0.39 is 8.32 Å². The van der Waals surface area contributed by atoms with Gasteiger partial charge in [0.1, 0.15) is 0 Å². The molecule has 0 saturated carbocycles. The fourth-order valence-corrected chi connectivity index (χ4v) is 2.06. The number of rotatable bonds is 7. The van der Waals surface area contributed by atoms with Gasteiger partial charge in [-0.25, -0.2) is 0 Å². The molecule has 1 atom stereocenters. The van der Waals surface area contributed by atoms with E-state index in [9.17, 15) is 0 Å². The highest BCUT2D eigenvalue weighted by Gasteiger charge is 2.37. The van der Waals surface area contributed by atoms with Crippen LogP contribution in [0.15, 0.2) is 0 Å². The molecule has 0 unspecified atom stereocenters. The molecule has 4 heteroatoms. The summed E-state index contributed by atoms with van der Waals surface area (Å²) in [5.41, 5.74) is 0. The molecule has 98 valence electrons. The Labute approximate surface area is 101 Å². The van der Waals surface area contributed by atoms with Gasteiger partial charge in [-0.2, -0.15) is 0 Å². The topological polar surface area (TPSA) is 38.7 Å². The van der Waals surface area contributed by atoms with Crippen molar-refractivity contribution in [3.05, 3.63) is 0 Å². The van der Waals surface area contributed by atoms with Gasteiger partial charge in [-0.1, -0.05) is 27.7 Å². The maximum Gasteiger partial charge on any atom is 0.192 e. The zero-order valence-electron chi connectivity index (χ0n) is 11.7. The van der Waals surface area contributed by atoms with Crippen molar-refractivity contribution in [2.75, 3.05) is 19.8 Å². The van der Waals surface area contributed by atoms with Crippen LogP contribution in [0.3, 0.4) is 0 Å². The van der Waals surface area contributed by atoms with E-state index >= 15 is 0 Å². The molecule has 1 N–H and O–H groups in total. The smallest absolute Gasteiger partial charge is 0.192 e. The number of ether oxygens (including phenoxy) is 1. The number of aliphatic hydroxyl groups is 1. The van der Waals surface area contributed by atoms with Crippen molar-refractivity contribution < 1.29 is 14.3 Å². The van der Waals surface area contributed by atoms with E-state index in [1.54, 1.807) is 0 Å². The maximum atomic E-state index is 8.71. The normalized spacial score (nSPS) is 15.2. The molecule has 0 rings (SSSR count). The lowest BCUT2D eigenvalue weighted by molar-refractivity contribution is -0.00194. The Morgan fingerprint density at radius 2 is 1.81 bits per heavy atom. The third-order valence-electron chi connectivity index (χ3n) is 3.34. The second kappa shape index (κ2) is 6.74. The number of hydrogen-bond acceptors (Lipinski definition) is 3. The summed E-state index contributed by atoms with van der Waals surface area (Å²) >= 11 is 0. The lowest BCUT2D eigenvalue weighted by atomic mass is 10.2. The van der Waals surface area contributed by atoms with Crippen LogP contribution in [-0.4, -0.2) is 39.3 Å². The van der Waals surface area contributed by atoms with E-state index in [1.807, 2.05) is 0 Å². The third kappa shape index (κ3) is 5.43. The molecule has 0 aromatic rings. The largest absolute Gasteiger partial charge is 0.414 e. The Hall–Kier alpha value is 0.0969. The summed E-state index contributed by atoms with van der Waals surface area (Å²) in [6.07, 6.45) is 1.04. The molecule has 16 heavy (non-hydrogen) atoms. The van der Waals surface area contributed by atoms with Gasteiger partial charge in [0, 0.05) is 0 Å². The predicted octanol–water partition coefficient (Wildman–Crippen LogP) is 2.80. The molecule has 0 aromatic heterocycles. The van der Waals surface area contributed by atoms with Crippen LogP contribution < -0.4 is 0 Å². The minimum Gasteiger partial charge on any atom is -0.414 e. The molecule has 0 saturated heterocycles. The summed E-state index contributed by atoms with van der Waals surface area (Å²) in [4.78, 5) is 0. The Morgan fingerprint density at radius 3 is 2.19 bits per heavy atom. The second-order valence-corrected chi connectivity index (χ2v) is 10.5.